The van der Waals surface area contributed by atoms with E-state index in [4.69, 9.17) is 25.1 Å². The Hall–Kier alpha value is -3.17. The average molecular weight is 666 g/mol. The van der Waals surface area contributed by atoms with E-state index in [0.717, 1.165) is 44.2 Å². The molecule has 1 aromatic carbocycles. The SMILES string of the molecule is CNC(C)(C(N)=O)[C@@H](C(=O)N1CCN(C(=O)c2cc3cc(F)c(F)cc3n2CCOCCOCCOCCO)CC1)C1CCCCC1. The molecule has 1 aliphatic carbocycles. The highest BCUT2D eigenvalue weighted by atomic mass is 19.2. The van der Waals surface area contributed by atoms with Gasteiger partial charge in [-0.1, -0.05) is 19.3 Å². The Morgan fingerprint density at radius 3 is 2.09 bits per heavy atom. The molecule has 4 rings (SSSR count). The Balaban J connectivity index is 1.42. The molecule has 1 aliphatic heterocycles. The van der Waals surface area contributed by atoms with Crippen LogP contribution in [0.5, 0.6) is 0 Å². The molecule has 2 fully saturated rings. The smallest absolute Gasteiger partial charge is 0.270 e. The predicted octanol–water partition coefficient (Wildman–Crippen LogP) is 1.91. The Kier molecular flexibility index (Phi) is 13.5. The lowest BCUT2D eigenvalue weighted by molar-refractivity contribution is -0.147. The third kappa shape index (κ3) is 8.85. The van der Waals surface area contributed by atoms with Gasteiger partial charge in [0.05, 0.1) is 57.7 Å². The molecule has 1 aromatic heterocycles. The molecule has 2 aromatic rings. The number of nitrogens with zero attached hydrogens (tertiary/aromatic N) is 3. The zero-order valence-corrected chi connectivity index (χ0v) is 27.5. The Morgan fingerprint density at radius 1 is 0.915 bits per heavy atom. The third-order valence-electron chi connectivity index (χ3n) is 9.52. The van der Waals surface area contributed by atoms with Gasteiger partial charge in [-0.15, -0.1) is 0 Å². The fourth-order valence-corrected chi connectivity index (χ4v) is 6.74. The molecule has 2 atom stereocenters. The van der Waals surface area contributed by atoms with Crippen molar-refractivity contribution in [2.75, 3.05) is 79.5 Å². The summed E-state index contributed by atoms with van der Waals surface area (Å²) in [7, 11) is 1.65. The number of likely N-dealkylation sites (N-methyl/N-ethyl adjacent to an activating group) is 1. The summed E-state index contributed by atoms with van der Waals surface area (Å²) in [6.07, 6.45) is 4.80. The van der Waals surface area contributed by atoms with Crippen LogP contribution in [0.1, 0.15) is 49.5 Å². The molecule has 2 aliphatic rings. The van der Waals surface area contributed by atoms with Crippen LogP contribution >= 0.6 is 0 Å². The number of benzene rings is 1. The lowest BCUT2D eigenvalue weighted by Crippen LogP contribution is -2.64. The number of piperazine rings is 1. The number of hydrogen-bond acceptors (Lipinski definition) is 8. The number of primary amides is 1. The van der Waals surface area contributed by atoms with E-state index in [9.17, 15) is 23.2 Å². The van der Waals surface area contributed by atoms with E-state index in [1.807, 2.05) is 0 Å². The maximum Gasteiger partial charge on any atom is 0.270 e. The number of aliphatic hydroxyl groups excluding tert-OH is 1. The highest BCUT2D eigenvalue weighted by molar-refractivity contribution is 5.99. The topological polar surface area (TPSA) is 149 Å². The Morgan fingerprint density at radius 2 is 1.49 bits per heavy atom. The number of rotatable bonds is 17. The number of fused-ring (bicyclic) bond motifs is 1. The van der Waals surface area contributed by atoms with E-state index in [0.29, 0.717) is 30.7 Å². The van der Waals surface area contributed by atoms with Crippen LogP contribution in [0.4, 0.5) is 8.78 Å². The fourth-order valence-electron chi connectivity index (χ4n) is 6.74. The number of hydrogen-bond donors (Lipinski definition) is 3. The van der Waals surface area contributed by atoms with Crippen molar-refractivity contribution in [3.8, 4) is 0 Å². The molecule has 0 bridgehead atoms. The summed E-state index contributed by atoms with van der Waals surface area (Å²) in [5.74, 6) is -3.65. The van der Waals surface area contributed by atoms with Crippen molar-refractivity contribution in [3.05, 3.63) is 35.5 Å². The van der Waals surface area contributed by atoms with Gasteiger partial charge in [0.1, 0.15) is 11.2 Å². The second kappa shape index (κ2) is 17.3. The van der Waals surface area contributed by atoms with Gasteiger partial charge in [0.2, 0.25) is 11.8 Å². The van der Waals surface area contributed by atoms with Gasteiger partial charge in [0.15, 0.2) is 11.6 Å². The third-order valence-corrected chi connectivity index (χ3v) is 9.52. The minimum absolute atomic E-state index is 0.0250. The van der Waals surface area contributed by atoms with E-state index in [-0.39, 0.29) is 82.6 Å². The van der Waals surface area contributed by atoms with Crippen LogP contribution in [0.2, 0.25) is 0 Å². The summed E-state index contributed by atoms with van der Waals surface area (Å²) in [4.78, 5) is 43.8. The number of carbonyl (C=O) groups is 3. The van der Waals surface area contributed by atoms with Crippen LogP contribution in [0.3, 0.4) is 0 Å². The van der Waals surface area contributed by atoms with Gasteiger partial charge in [-0.25, -0.2) is 8.78 Å². The van der Waals surface area contributed by atoms with Gasteiger partial charge < -0.3 is 44.7 Å². The number of ether oxygens (including phenoxy) is 3. The van der Waals surface area contributed by atoms with Gasteiger partial charge in [-0.05, 0) is 44.9 Å². The number of aliphatic hydroxyl groups is 1. The van der Waals surface area contributed by atoms with E-state index >= 15 is 0 Å². The molecule has 14 heteroatoms. The molecular formula is C33H49F2N5O7. The van der Waals surface area contributed by atoms with Crippen LogP contribution < -0.4 is 11.1 Å². The van der Waals surface area contributed by atoms with E-state index in [1.165, 1.54) is 0 Å². The maximum absolute atomic E-state index is 14.3. The first-order chi connectivity index (χ1) is 22.6. The van der Waals surface area contributed by atoms with Crippen molar-refractivity contribution in [1.29, 1.82) is 0 Å². The monoisotopic (exact) mass is 665 g/mol. The van der Waals surface area contributed by atoms with Crippen molar-refractivity contribution in [2.24, 2.45) is 17.6 Å². The molecule has 1 unspecified atom stereocenters. The number of halogens is 2. The second-order valence-corrected chi connectivity index (χ2v) is 12.4. The highest BCUT2D eigenvalue weighted by Crippen LogP contribution is 2.37. The molecule has 0 spiro atoms. The largest absolute Gasteiger partial charge is 0.394 e. The molecule has 12 nitrogen and oxygen atoms in total. The summed E-state index contributed by atoms with van der Waals surface area (Å²) < 4.78 is 46.3. The Bertz CT molecular complexity index is 1360. The molecule has 262 valence electrons. The average Bonchev–Trinajstić information content (AvgIpc) is 3.42. The van der Waals surface area contributed by atoms with Crippen molar-refractivity contribution >= 4 is 28.6 Å². The zero-order valence-electron chi connectivity index (χ0n) is 27.5. The van der Waals surface area contributed by atoms with E-state index < -0.39 is 29.0 Å². The van der Waals surface area contributed by atoms with Crippen molar-refractivity contribution in [3.63, 3.8) is 0 Å². The standard InChI is InChI=1S/C33H49F2N5O7/c1-33(37-2,32(36)44)29(23-6-4-3-5-7-23)31(43)39-10-8-38(9-11-39)30(42)28-21-24-20-25(34)26(35)22-27(24)40(28)12-14-45-16-18-47-19-17-46-15-13-41/h20-23,29,37,41H,3-19H2,1-2H3,(H2,36,44)/t29-,33?/m1/s1. The van der Waals surface area contributed by atoms with Crippen LogP contribution in [0.15, 0.2) is 18.2 Å². The number of carbonyl (C=O) groups excluding carboxylic acids is 3. The van der Waals surface area contributed by atoms with Gasteiger partial charge in [0, 0.05) is 44.2 Å². The summed E-state index contributed by atoms with van der Waals surface area (Å²) in [6.45, 7) is 4.70. The fraction of sp³-hybridized carbons (Fsp3) is 0.667. The number of nitrogens with two attached hydrogens (primary N) is 1. The summed E-state index contributed by atoms with van der Waals surface area (Å²) >= 11 is 0. The first-order valence-corrected chi connectivity index (χ1v) is 16.5. The molecule has 1 saturated carbocycles. The summed E-state index contributed by atoms with van der Waals surface area (Å²) in [5, 5.41) is 12.2. The van der Waals surface area contributed by atoms with E-state index in [1.54, 1.807) is 34.4 Å². The quantitative estimate of drug-likeness (QED) is 0.217. The van der Waals surface area contributed by atoms with Gasteiger partial charge >= 0.3 is 0 Å². The highest BCUT2D eigenvalue weighted by Gasteiger charge is 2.49. The maximum atomic E-state index is 14.3. The van der Waals surface area contributed by atoms with Gasteiger partial charge in [-0.3, -0.25) is 14.4 Å². The molecule has 0 radical (unpaired) electrons. The van der Waals surface area contributed by atoms with Crippen molar-refractivity contribution in [2.45, 2.75) is 51.1 Å². The normalized spacial score (nSPS) is 18.0. The first-order valence-electron chi connectivity index (χ1n) is 16.5. The first kappa shape index (κ1) is 36.7. The van der Waals surface area contributed by atoms with Gasteiger partial charge in [0.25, 0.3) is 5.91 Å². The molecule has 2 heterocycles. The molecule has 4 N–H and O–H groups in total. The lowest BCUT2D eigenvalue weighted by atomic mass is 9.69. The van der Waals surface area contributed by atoms with Crippen LogP contribution in [0.25, 0.3) is 10.9 Å². The minimum atomic E-state index is -1.21. The van der Waals surface area contributed by atoms with Gasteiger partial charge in [-0.2, -0.15) is 0 Å². The Labute approximate surface area is 274 Å². The van der Waals surface area contributed by atoms with Crippen molar-refractivity contribution < 1.29 is 42.5 Å². The summed E-state index contributed by atoms with van der Waals surface area (Å²) in [6, 6.07) is 3.71. The zero-order chi connectivity index (χ0) is 34.0. The number of nitrogens with one attached hydrogen (secondary N) is 1. The minimum Gasteiger partial charge on any atom is -0.394 e. The number of aromatic nitrogens is 1. The molecule has 1 saturated heterocycles. The number of amides is 3. The summed E-state index contributed by atoms with van der Waals surface area (Å²) in [5.41, 5.74) is 5.26. The lowest BCUT2D eigenvalue weighted by Gasteiger charge is -2.44. The van der Waals surface area contributed by atoms with E-state index in [2.05, 4.69) is 5.32 Å². The molecule has 3 amide bonds. The van der Waals surface area contributed by atoms with Crippen LogP contribution in [0, 0.1) is 23.5 Å². The molecular weight excluding hydrogens is 616 g/mol. The van der Waals surface area contributed by atoms with Crippen molar-refractivity contribution in [1.82, 2.24) is 19.7 Å². The second-order valence-electron chi connectivity index (χ2n) is 12.4. The molecule has 47 heavy (non-hydrogen) atoms. The van der Waals surface area contributed by atoms with Crippen LogP contribution in [-0.2, 0) is 30.3 Å². The van der Waals surface area contributed by atoms with Crippen LogP contribution in [-0.4, -0.2) is 122 Å². The predicted molar refractivity (Wildman–Crippen MR) is 171 cm³/mol.